The van der Waals surface area contributed by atoms with Gasteiger partial charge in [-0.3, -0.25) is 14.9 Å². The van der Waals surface area contributed by atoms with E-state index in [1.807, 2.05) is 6.07 Å². The first kappa shape index (κ1) is 24.1. The van der Waals surface area contributed by atoms with E-state index in [4.69, 9.17) is 39.5 Å². The molecular formula is C23H14Cl3N3O4. The fourth-order valence-corrected chi connectivity index (χ4v) is 3.23. The van der Waals surface area contributed by atoms with Gasteiger partial charge in [0.25, 0.3) is 11.6 Å². The second-order valence-electron chi connectivity index (χ2n) is 6.65. The molecule has 1 amide bonds. The van der Waals surface area contributed by atoms with E-state index < -0.39 is 10.8 Å². The maximum absolute atomic E-state index is 12.4. The third-order valence-electron chi connectivity index (χ3n) is 4.35. The smallest absolute Gasteiger partial charge is 0.269 e. The molecule has 0 aliphatic carbocycles. The lowest BCUT2D eigenvalue weighted by atomic mass is 10.1. The fraction of sp³-hybridized carbons (Fsp3) is 0.0435. The van der Waals surface area contributed by atoms with Crippen LogP contribution in [-0.4, -0.2) is 10.8 Å². The Morgan fingerprint density at radius 1 is 1.03 bits per heavy atom. The third-order valence-corrected chi connectivity index (χ3v) is 5.39. The lowest BCUT2D eigenvalue weighted by molar-refractivity contribution is -0.384. The highest BCUT2D eigenvalue weighted by Crippen LogP contribution is 2.28. The van der Waals surface area contributed by atoms with Crippen LogP contribution >= 0.6 is 34.8 Å². The van der Waals surface area contributed by atoms with Gasteiger partial charge in [-0.2, -0.15) is 5.26 Å². The van der Waals surface area contributed by atoms with Crippen molar-refractivity contribution in [3.63, 3.8) is 0 Å². The van der Waals surface area contributed by atoms with Crippen molar-refractivity contribution in [3.8, 4) is 11.8 Å². The maximum Gasteiger partial charge on any atom is 0.269 e. The maximum atomic E-state index is 12.4. The van der Waals surface area contributed by atoms with Crippen molar-refractivity contribution in [2.45, 2.75) is 6.61 Å². The van der Waals surface area contributed by atoms with Crippen molar-refractivity contribution in [3.05, 3.63) is 103 Å². The molecule has 3 aromatic rings. The van der Waals surface area contributed by atoms with Crippen LogP contribution in [0.3, 0.4) is 0 Å². The fourth-order valence-electron chi connectivity index (χ4n) is 2.69. The normalized spacial score (nSPS) is 10.9. The van der Waals surface area contributed by atoms with Crippen molar-refractivity contribution in [2.24, 2.45) is 0 Å². The molecule has 0 aliphatic rings. The minimum atomic E-state index is -0.620. The Bertz CT molecular complexity index is 1290. The van der Waals surface area contributed by atoms with E-state index in [1.54, 1.807) is 36.4 Å². The molecule has 0 atom stereocenters. The molecule has 7 nitrogen and oxygen atoms in total. The van der Waals surface area contributed by atoms with E-state index in [0.717, 1.165) is 5.56 Å². The van der Waals surface area contributed by atoms with Gasteiger partial charge in [-0.25, -0.2) is 0 Å². The zero-order valence-corrected chi connectivity index (χ0v) is 19.0. The number of halogens is 3. The van der Waals surface area contributed by atoms with Crippen molar-refractivity contribution in [2.75, 3.05) is 5.32 Å². The summed E-state index contributed by atoms with van der Waals surface area (Å²) < 4.78 is 5.67. The molecule has 10 heteroatoms. The zero-order chi connectivity index (χ0) is 24.0. The SMILES string of the molecule is N#C/C(=C\c1ccc(OCc2ccc([N+](=O)[O-])cc2)c(Cl)c1)C(=O)Nc1ccc(Cl)c(Cl)c1. The van der Waals surface area contributed by atoms with Crippen molar-refractivity contribution < 1.29 is 14.5 Å². The van der Waals surface area contributed by atoms with Crippen LogP contribution in [0.2, 0.25) is 15.1 Å². The van der Waals surface area contributed by atoms with Gasteiger partial charge in [-0.05, 0) is 59.7 Å². The molecule has 166 valence electrons. The first-order chi connectivity index (χ1) is 15.8. The molecule has 0 radical (unpaired) electrons. The summed E-state index contributed by atoms with van der Waals surface area (Å²) >= 11 is 18.1. The minimum absolute atomic E-state index is 0.00980. The summed E-state index contributed by atoms with van der Waals surface area (Å²) in [4.78, 5) is 22.7. The molecule has 0 aromatic heterocycles. The van der Waals surface area contributed by atoms with Gasteiger partial charge in [-0.15, -0.1) is 0 Å². The van der Waals surface area contributed by atoms with Gasteiger partial charge in [0.15, 0.2) is 0 Å². The number of amides is 1. The summed E-state index contributed by atoms with van der Waals surface area (Å²) in [5.74, 6) is -0.239. The number of benzene rings is 3. The number of nitriles is 1. The number of nitrogens with one attached hydrogen (secondary N) is 1. The van der Waals surface area contributed by atoms with E-state index >= 15 is 0 Å². The summed E-state index contributed by atoms with van der Waals surface area (Å²) in [7, 11) is 0. The monoisotopic (exact) mass is 501 g/mol. The van der Waals surface area contributed by atoms with Crippen LogP contribution in [0.1, 0.15) is 11.1 Å². The average molecular weight is 503 g/mol. The number of nitrogens with zero attached hydrogens (tertiary/aromatic N) is 2. The summed E-state index contributed by atoms with van der Waals surface area (Å²) in [5.41, 5.74) is 1.49. The van der Waals surface area contributed by atoms with Crippen LogP contribution in [0.5, 0.6) is 5.75 Å². The Hall–Kier alpha value is -3.57. The predicted molar refractivity (Wildman–Crippen MR) is 128 cm³/mol. The summed E-state index contributed by atoms with van der Waals surface area (Å²) in [5, 5.41) is 23.6. The second kappa shape index (κ2) is 10.8. The van der Waals surface area contributed by atoms with Gasteiger partial charge in [0, 0.05) is 17.8 Å². The van der Waals surface area contributed by atoms with Crippen LogP contribution in [0.15, 0.2) is 66.2 Å². The Morgan fingerprint density at radius 2 is 1.76 bits per heavy atom. The number of carbonyl (C=O) groups is 1. The van der Waals surface area contributed by atoms with Gasteiger partial charge in [0.1, 0.15) is 24.0 Å². The number of ether oxygens (including phenoxy) is 1. The van der Waals surface area contributed by atoms with Crippen LogP contribution in [0, 0.1) is 21.4 Å². The van der Waals surface area contributed by atoms with E-state index in [-0.39, 0.29) is 27.9 Å². The van der Waals surface area contributed by atoms with Gasteiger partial charge in [0.05, 0.1) is 20.0 Å². The molecule has 33 heavy (non-hydrogen) atoms. The Balaban J connectivity index is 1.69. The molecule has 0 saturated carbocycles. The van der Waals surface area contributed by atoms with Crippen molar-refractivity contribution in [1.29, 1.82) is 5.26 Å². The molecule has 0 fully saturated rings. The average Bonchev–Trinajstić information content (AvgIpc) is 2.79. The molecule has 0 bridgehead atoms. The predicted octanol–water partition coefficient (Wildman–Crippen LogP) is 6.68. The molecule has 0 spiro atoms. The van der Waals surface area contributed by atoms with Crippen LogP contribution in [0.25, 0.3) is 6.08 Å². The number of hydrogen-bond acceptors (Lipinski definition) is 5. The molecule has 0 unspecified atom stereocenters. The third kappa shape index (κ3) is 6.46. The summed E-state index contributed by atoms with van der Waals surface area (Å²) in [6.07, 6.45) is 1.39. The highest BCUT2D eigenvalue weighted by Gasteiger charge is 2.12. The molecule has 0 aliphatic heterocycles. The number of non-ortho nitro benzene ring substituents is 1. The van der Waals surface area contributed by atoms with Gasteiger partial charge < -0.3 is 10.1 Å². The Labute approximate surface area is 203 Å². The second-order valence-corrected chi connectivity index (χ2v) is 7.88. The number of carbonyl (C=O) groups excluding carboxylic acids is 1. The quantitative estimate of drug-likeness (QED) is 0.168. The van der Waals surface area contributed by atoms with Crippen LogP contribution in [0.4, 0.5) is 11.4 Å². The molecule has 0 heterocycles. The minimum Gasteiger partial charge on any atom is -0.487 e. The van der Waals surface area contributed by atoms with E-state index in [2.05, 4.69) is 5.32 Å². The highest BCUT2D eigenvalue weighted by molar-refractivity contribution is 6.42. The van der Waals surface area contributed by atoms with Gasteiger partial charge in [0.2, 0.25) is 0 Å². The molecule has 0 saturated heterocycles. The van der Waals surface area contributed by atoms with Gasteiger partial charge in [-0.1, -0.05) is 40.9 Å². The first-order valence-electron chi connectivity index (χ1n) is 9.30. The lowest BCUT2D eigenvalue weighted by Gasteiger charge is -2.09. The standard InChI is InChI=1S/C23H14Cl3N3O4/c24-19-7-4-17(11-20(19)25)28-23(30)16(12-27)9-15-3-8-22(21(26)10-15)33-13-14-1-5-18(6-2-14)29(31)32/h1-11H,13H2,(H,28,30)/b16-9+. The summed E-state index contributed by atoms with van der Waals surface area (Å²) in [6, 6.07) is 17.2. The van der Waals surface area contributed by atoms with E-state index in [0.29, 0.717) is 22.0 Å². The number of nitro benzene ring substituents is 1. The lowest BCUT2D eigenvalue weighted by Crippen LogP contribution is -2.13. The summed E-state index contributed by atoms with van der Waals surface area (Å²) in [6.45, 7) is 0.155. The van der Waals surface area contributed by atoms with E-state index in [1.165, 1.54) is 30.3 Å². The molecule has 3 rings (SSSR count). The van der Waals surface area contributed by atoms with Crippen LogP contribution < -0.4 is 10.1 Å². The zero-order valence-electron chi connectivity index (χ0n) is 16.7. The molecule has 1 N–H and O–H groups in total. The van der Waals surface area contributed by atoms with Crippen LogP contribution in [-0.2, 0) is 11.4 Å². The van der Waals surface area contributed by atoms with Gasteiger partial charge >= 0.3 is 0 Å². The highest BCUT2D eigenvalue weighted by atomic mass is 35.5. The Morgan fingerprint density at radius 3 is 2.36 bits per heavy atom. The molecular weight excluding hydrogens is 489 g/mol. The topological polar surface area (TPSA) is 105 Å². The van der Waals surface area contributed by atoms with Crippen molar-refractivity contribution in [1.82, 2.24) is 0 Å². The van der Waals surface area contributed by atoms with Crippen molar-refractivity contribution >= 4 is 58.2 Å². The first-order valence-corrected chi connectivity index (χ1v) is 10.4. The number of nitro groups is 1. The van der Waals surface area contributed by atoms with E-state index in [9.17, 15) is 20.2 Å². The largest absolute Gasteiger partial charge is 0.487 e. The number of anilines is 1. The number of hydrogen-bond donors (Lipinski definition) is 1. The molecule has 3 aromatic carbocycles. The number of rotatable bonds is 7. The Kier molecular flexibility index (Phi) is 7.91.